The molecule has 0 spiro atoms. The average molecular weight is 662 g/mol. The molecule has 9 heteroatoms. The Morgan fingerprint density at radius 1 is 1.08 bits per heavy atom. The topological polar surface area (TPSA) is 93.2 Å². The van der Waals surface area contributed by atoms with E-state index < -0.39 is 17.7 Å². The molecule has 2 N–H and O–H groups in total. The van der Waals surface area contributed by atoms with Crippen molar-refractivity contribution in [2.24, 2.45) is 11.3 Å². The van der Waals surface area contributed by atoms with Crippen molar-refractivity contribution in [3.8, 4) is 16.9 Å². The Morgan fingerprint density at radius 3 is 2.33 bits per heavy atom. The third-order valence-electron chi connectivity index (χ3n) is 9.40. The Morgan fingerprint density at radius 2 is 1.73 bits per heavy atom. The van der Waals surface area contributed by atoms with Gasteiger partial charge in [0.15, 0.2) is 6.10 Å². The normalized spacial score (nSPS) is 17.6. The highest BCUT2D eigenvalue weighted by molar-refractivity contribution is 5.92. The summed E-state index contributed by atoms with van der Waals surface area (Å²) >= 11 is 0. The second-order valence-corrected chi connectivity index (χ2v) is 15.0. The lowest BCUT2D eigenvalue weighted by Gasteiger charge is -2.41. The number of hydrogen-bond donors (Lipinski definition) is 2. The van der Waals surface area contributed by atoms with E-state index in [9.17, 15) is 14.3 Å². The van der Waals surface area contributed by atoms with Gasteiger partial charge in [0.25, 0.3) is 0 Å². The second-order valence-electron chi connectivity index (χ2n) is 15.0. The fraction of sp³-hybridized carbons (Fsp3) is 0.538. The first-order valence-electron chi connectivity index (χ1n) is 17.3. The van der Waals surface area contributed by atoms with Gasteiger partial charge in [-0.15, -0.1) is 0 Å². The minimum absolute atomic E-state index is 0.198. The van der Waals surface area contributed by atoms with Crippen molar-refractivity contribution < 1.29 is 28.5 Å². The first-order valence-corrected chi connectivity index (χ1v) is 17.3. The first kappa shape index (κ1) is 35.6. The van der Waals surface area contributed by atoms with E-state index in [0.29, 0.717) is 30.2 Å². The molecule has 2 saturated heterocycles. The van der Waals surface area contributed by atoms with Crippen LogP contribution in [0.3, 0.4) is 0 Å². The van der Waals surface area contributed by atoms with Crippen LogP contribution >= 0.6 is 0 Å². The summed E-state index contributed by atoms with van der Waals surface area (Å²) in [6.45, 7) is 16.4. The number of hydrogen-bond acceptors (Lipinski definition) is 7. The van der Waals surface area contributed by atoms with Crippen LogP contribution in [0.1, 0.15) is 83.2 Å². The third-order valence-corrected chi connectivity index (χ3v) is 9.40. The lowest BCUT2D eigenvalue weighted by Crippen LogP contribution is -2.39. The minimum atomic E-state index is -1.19. The number of piperidine rings is 1. The largest absolute Gasteiger partial charge is 0.493 e. The molecule has 0 amide bonds. The number of carboxylic acids is 1. The van der Waals surface area contributed by atoms with Crippen LogP contribution in [-0.4, -0.2) is 61.1 Å². The smallest absolute Gasteiger partial charge is 0.337 e. The molecule has 2 aliphatic heterocycles. The molecule has 1 unspecified atom stereocenters. The SMILES string of the molecule is Cc1nc(NCC2CCOCC2)c(-c2ccc(OCCc3ccc(F)cc3)cc2)c(N2CCC(C)(C)CC2)c1C(OC(C)(C)C)C(=O)O. The average Bonchev–Trinajstić information content (AvgIpc) is 3.04. The zero-order valence-corrected chi connectivity index (χ0v) is 29.4. The van der Waals surface area contributed by atoms with Crippen molar-refractivity contribution in [3.05, 3.63) is 71.2 Å². The summed E-state index contributed by atoms with van der Waals surface area (Å²) in [6.07, 6.45) is 3.40. The number of aryl methyl sites for hydroxylation is 1. The standard InChI is InChI=1S/C39H52FN3O5/c1-26-32(35(37(44)45)48-38(2,3)4)34(43-20-18-39(5,6)19-21-43)33(36(42-26)41-25-28-15-22-46-23-16-28)29-9-13-31(14-10-29)47-24-17-27-7-11-30(40)12-8-27/h7-14,28,35H,15-25H2,1-6H3,(H,41,42)(H,44,45). The predicted octanol–water partition coefficient (Wildman–Crippen LogP) is 8.22. The summed E-state index contributed by atoms with van der Waals surface area (Å²) in [4.78, 5) is 20.4. The molecule has 2 aromatic carbocycles. The molecular formula is C39H52FN3O5. The maximum absolute atomic E-state index is 13.3. The molecule has 2 aliphatic rings. The van der Waals surface area contributed by atoms with Crippen LogP contribution in [0, 0.1) is 24.1 Å². The van der Waals surface area contributed by atoms with Gasteiger partial charge in [-0.2, -0.15) is 0 Å². The van der Waals surface area contributed by atoms with Gasteiger partial charge in [-0.1, -0.05) is 38.1 Å². The van der Waals surface area contributed by atoms with Crippen LogP contribution in [0.4, 0.5) is 15.9 Å². The van der Waals surface area contributed by atoms with E-state index in [0.717, 1.165) is 92.5 Å². The van der Waals surface area contributed by atoms with Crippen LogP contribution in [0.2, 0.25) is 0 Å². The number of anilines is 2. The molecule has 0 radical (unpaired) electrons. The molecule has 48 heavy (non-hydrogen) atoms. The maximum Gasteiger partial charge on any atom is 0.337 e. The van der Waals surface area contributed by atoms with Crippen molar-refractivity contribution in [1.82, 2.24) is 4.98 Å². The summed E-state index contributed by atoms with van der Waals surface area (Å²) in [5.74, 6) is 0.636. The van der Waals surface area contributed by atoms with Crippen LogP contribution < -0.4 is 15.0 Å². The summed E-state index contributed by atoms with van der Waals surface area (Å²) in [5.41, 5.74) is 4.43. The van der Waals surface area contributed by atoms with Crippen molar-refractivity contribution in [3.63, 3.8) is 0 Å². The van der Waals surface area contributed by atoms with E-state index in [1.165, 1.54) is 12.1 Å². The van der Waals surface area contributed by atoms with Gasteiger partial charge in [0, 0.05) is 56.1 Å². The Balaban J connectivity index is 1.57. The van der Waals surface area contributed by atoms with Crippen LogP contribution in [0.25, 0.3) is 11.1 Å². The zero-order valence-electron chi connectivity index (χ0n) is 29.4. The summed E-state index contributed by atoms with van der Waals surface area (Å²) in [5, 5.41) is 14.3. The van der Waals surface area contributed by atoms with Gasteiger partial charge in [-0.05, 0) is 100 Å². The molecule has 0 bridgehead atoms. The number of aromatic nitrogens is 1. The fourth-order valence-electron chi connectivity index (χ4n) is 6.51. The predicted molar refractivity (Wildman–Crippen MR) is 188 cm³/mol. The Hall–Kier alpha value is -3.69. The molecule has 1 atom stereocenters. The number of ether oxygens (including phenoxy) is 3. The Labute approximate surface area is 285 Å². The van der Waals surface area contributed by atoms with E-state index in [4.69, 9.17) is 19.2 Å². The monoisotopic (exact) mass is 661 g/mol. The van der Waals surface area contributed by atoms with Gasteiger partial charge in [0.1, 0.15) is 17.4 Å². The Bertz CT molecular complexity index is 1520. The number of nitrogens with one attached hydrogen (secondary N) is 1. The molecule has 3 aromatic rings. The quantitative estimate of drug-likeness (QED) is 0.201. The maximum atomic E-state index is 13.3. The van der Waals surface area contributed by atoms with Crippen molar-refractivity contribution in [1.29, 1.82) is 0 Å². The number of halogens is 1. The minimum Gasteiger partial charge on any atom is -0.493 e. The third kappa shape index (κ3) is 9.26. The van der Waals surface area contributed by atoms with Gasteiger partial charge >= 0.3 is 5.97 Å². The van der Waals surface area contributed by atoms with Gasteiger partial charge in [-0.3, -0.25) is 0 Å². The molecule has 0 aliphatic carbocycles. The molecular weight excluding hydrogens is 609 g/mol. The summed E-state index contributed by atoms with van der Waals surface area (Å²) in [7, 11) is 0. The molecule has 0 saturated carbocycles. The van der Waals surface area contributed by atoms with Crippen molar-refractivity contribution >= 4 is 17.5 Å². The number of carboxylic acid groups (broad SMARTS) is 1. The fourth-order valence-corrected chi connectivity index (χ4v) is 6.51. The van der Waals surface area contributed by atoms with Crippen molar-refractivity contribution in [2.45, 2.75) is 85.4 Å². The molecule has 8 nitrogen and oxygen atoms in total. The van der Waals surface area contributed by atoms with E-state index in [1.54, 1.807) is 12.1 Å². The number of rotatable bonds is 12. The van der Waals surface area contributed by atoms with E-state index in [1.807, 2.05) is 52.0 Å². The number of benzene rings is 2. The lowest BCUT2D eigenvalue weighted by atomic mass is 9.82. The number of pyridine rings is 1. The van der Waals surface area contributed by atoms with Gasteiger partial charge in [-0.25, -0.2) is 14.2 Å². The van der Waals surface area contributed by atoms with E-state index in [-0.39, 0.29) is 11.2 Å². The van der Waals surface area contributed by atoms with Gasteiger partial charge in [0.2, 0.25) is 0 Å². The van der Waals surface area contributed by atoms with Crippen LogP contribution in [0.5, 0.6) is 5.75 Å². The highest BCUT2D eigenvalue weighted by Crippen LogP contribution is 2.47. The van der Waals surface area contributed by atoms with Crippen molar-refractivity contribution in [2.75, 3.05) is 49.7 Å². The Kier molecular flexibility index (Phi) is 11.3. The van der Waals surface area contributed by atoms with E-state index >= 15 is 0 Å². The van der Waals surface area contributed by atoms with Gasteiger partial charge in [0.05, 0.1) is 17.9 Å². The molecule has 260 valence electrons. The number of nitrogens with zero attached hydrogens (tertiary/aromatic N) is 2. The van der Waals surface area contributed by atoms with Crippen LogP contribution in [-0.2, 0) is 20.7 Å². The molecule has 1 aromatic heterocycles. The first-order chi connectivity index (χ1) is 22.8. The molecule has 5 rings (SSSR count). The zero-order chi connectivity index (χ0) is 34.5. The second kappa shape index (κ2) is 15.2. The highest BCUT2D eigenvalue weighted by Gasteiger charge is 2.37. The highest BCUT2D eigenvalue weighted by atomic mass is 19.1. The molecule has 2 fully saturated rings. The number of carbonyl (C=O) groups is 1. The van der Waals surface area contributed by atoms with Gasteiger partial charge < -0.3 is 29.5 Å². The van der Waals surface area contributed by atoms with Crippen LogP contribution in [0.15, 0.2) is 48.5 Å². The number of aliphatic carboxylic acids is 1. The van der Waals surface area contributed by atoms with E-state index in [2.05, 4.69) is 24.1 Å². The summed E-state index contributed by atoms with van der Waals surface area (Å²) in [6, 6.07) is 14.4. The summed E-state index contributed by atoms with van der Waals surface area (Å²) < 4.78 is 31.3. The molecule has 3 heterocycles. The lowest BCUT2D eigenvalue weighted by molar-refractivity contribution is -0.160.